The Balaban J connectivity index is 2.71. The molecule has 0 fully saturated rings. The van der Waals surface area contributed by atoms with E-state index >= 15 is 0 Å². The lowest BCUT2D eigenvalue weighted by Crippen LogP contribution is -2.35. The number of rotatable bonds is 10. The van der Waals surface area contributed by atoms with Crippen LogP contribution in [0.2, 0.25) is 0 Å². The number of hydrogen-bond donors (Lipinski definition) is 2. The van der Waals surface area contributed by atoms with Crippen LogP contribution < -0.4 is 5.32 Å². The second-order valence-corrected chi connectivity index (χ2v) is 6.56. The first-order valence-corrected chi connectivity index (χ1v) is 9.83. The molecule has 0 aromatic heterocycles. The molecule has 0 saturated heterocycles. The Bertz CT molecular complexity index is 537. The molecule has 4 nitrogen and oxygen atoms in total. The molecule has 0 aliphatic heterocycles. The van der Waals surface area contributed by atoms with Crippen molar-refractivity contribution in [1.29, 1.82) is 0 Å². The zero-order valence-corrected chi connectivity index (χ0v) is 16.5. The van der Waals surface area contributed by atoms with E-state index in [0.717, 1.165) is 24.8 Å². The van der Waals surface area contributed by atoms with Crippen molar-refractivity contribution in [2.75, 3.05) is 18.9 Å². The first-order valence-electron chi connectivity index (χ1n) is 9.20. The minimum Gasteiger partial charge on any atom is -0.466 e. The third kappa shape index (κ3) is 7.51. The minimum absolute atomic E-state index is 0.173. The van der Waals surface area contributed by atoms with E-state index in [4.69, 9.17) is 4.74 Å². The summed E-state index contributed by atoms with van der Waals surface area (Å²) < 4.78 is 5.08. The molecule has 1 N–H and O–H groups in total. The summed E-state index contributed by atoms with van der Waals surface area (Å²) in [6.45, 7) is 6.61. The van der Waals surface area contributed by atoms with Crippen molar-refractivity contribution in [2.45, 2.75) is 46.5 Å². The molecule has 0 spiro atoms. The number of allylic oxidation sites excluding steroid dienone is 5. The van der Waals surface area contributed by atoms with Crippen LogP contribution in [0.1, 0.15) is 46.5 Å². The zero-order valence-electron chi connectivity index (χ0n) is 15.6. The summed E-state index contributed by atoms with van der Waals surface area (Å²) in [4.78, 5) is 24.4. The normalized spacial score (nSPS) is 18.5. The van der Waals surface area contributed by atoms with Gasteiger partial charge in [-0.15, -0.1) is 0 Å². The highest BCUT2D eigenvalue weighted by molar-refractivity contribution is 7.80. The van der Waals surface area contributed by atoms with Gasteiger partial charge in [-0.1, -0.05) is 38.5 Å². The number of carbonyl (C=O) groups is 2. The Morgan fingerprint density at radius 2 is 2.16 bits per heavy atom. The summed E-state index contributed by atoms with van der Waals surface area (Å²) in [5.74, 6) is 0.163. The molecule has 2 atom stereocenters. The lowest BCUT2D eigenvalue weighted by Gasteiger charge is -2.17. The lowest BCUT2D eigenvalue weighted by molar-refractivity contribution is -0.148. The fraction of sp³-hybridized carbons (Fsp3) is 0.600. The number of hydrogen-bond acceptors (Lipinski definition) is 4. The van der Waals surface area contributed by atoms with E-state index in [-0.39, 0.29) is 17.8 Å². The van der Waals surface area contributed by atoms with E-state index in [0.29, 0.717) is 36.8 Å². The molecule has 1 rings (SSSR count). The Hall–Kier alpha value is -1.49. The molecule has 1 amide bonds. The van der Waals surface area contributed by atoms with Gasteiger partial charge >= 0.3 is 5.97 Å². The predicted octanol–water partition coefficient (Wildman–Crippen LogP) is 3.85. The van der Waals surface area contributed by atoms with Gasteiger partial charge in [0.25, 0.3) is 0 Å². The highest BCUT2D eigenvalue weighted by Crippen LogP contribution is 2.21. The molecule has 0 radical (unpaired) electrons. The maximum Gasteiger partial charge on any atom is 0.310 e. The molecule has 0 heterocycles. The number of thiol groups is 1. The van der Waals surface area contributed by atoms with Crippen LogP contribution in [0.25, 0.3) is 0 Å². The molecule has 5 heteroatoms. The topological polar surface area (TPSA) is 55.4 Å². The molecule has 25 heavy (non-hydrogen) atoms. The van der Waals surface area contributed by atoms with Crippen LogP contribution in [-0.4, -0.2) is 30.8 Å². The Labute approximate surface area is 157 Å². The van der Waals surface area contributed by atoms with Gasteiger partial charge in [-0.05, 0) is 43.8 Å². The molecule has 1 aliphatic rings. The van der Waals surface area contributed by atoms with Gasteiger partial charge in [0.1, 0.15) is 0 Å². The van der Waals surface area contributed by atoms with Gasteiger partial charge in [-0.3, -0.25) is 9.59 Å². The Kier molecular flexibility index (Phi) is 10.3. The van der Waals surface area contributed by atoms with E-state index in [1.54, 1.807) is 6.92 Å². The SMILES string of the molecule is CCCC(CNC(=O)/C(=C/C1=CC(CC)CC=C1)CS)C(=O)OCC. The second kappa shape index (κ2) is 12.0. The Morgan fingerprint density at radius 1 is 1.40 bits per heavy atom. The van der Waals surface area contributed by atoms with Gasteiger partial charge in [0.2, 0.25) is 5.91 Å². The smallest absolute Gasteiger partial charge is 0.310 e. The van der Waals surface area contributed by atoms with Crippen molar-refractivity contribution >= 4 is 24.5 Å². The monoisotopic (exact) mass is 365 g/mol. The summed E-state index contributed by atoms with van der Waals surface area (Å²) >= 11 is 4.29. The molecule has 1 aliphatic carbocycles. The largest absolute Gasteiger partial charge is 0.466 e. The van der Waals surface area contributed by atoms with Crippen molar-refractivity contribution < 1.29 is 14.3 Å². The fourth-order valence-electron chi connectivity index (χ4n) is 2.78. The van der Waals surface area contributed by atoms with Crippen LogP contribution in [0.5, 0.6) is 0 Å². The van der Waals surface area contributed by atoms with Crippen LogP contribution in [-0.2, 0) is 14.3 Å². The van der Waals surface area contributed by atoms with Gasteiger partial charge in [0.05, 0.1) is 12.5 Å². The summed E-state index contributed by atoms with van der Waals surface area (Å²) in [7, 11) is 0. The molecule has 140 valence electrons. The average Bonchev–Trinajstić information content (AvgIpc) is 2.63. The fourth-order valence-corrected chi connectivity index (χ4v) is 3.02. The number of carbonyl (C=O) groups excluding carboxylic acids is 2. The van der Waals surface area contributed by atoms with E-state index in [2.05, 4.69) is 37.0 Å². The third-order valence-electron chi connectivity index (χ3n) is 4.27. The summed E-state index contributed by atoms with van der Waals surface area (Å²) in [5, 5.41) is 2.86. The second-order valence-electron chi connectivity index (χ2n) is 6.25. The van der Waals surface area contributed by atoms with E-state index in [9.17, 15) is 9.59 Å². The number of amides is 1. The molecule has 2 unspecified atom stereocenters. The molecule has 0 aromatic carbocycles. The summed E-state index contributed by atoms with van der Waals surface area (Å²) in [6.07, 6.45) is 12.0. The van der Waals surface area contributed by atoms with E-state index < -0.39 is 0 Å². The van der Waals surface area contributed by atoms with Gasteiger partial charge in [0, 0.05) is 17.9 Å². The van der Waals surface area contributed by atoms with Crippen LogP contribution in [0.15, 0.2) is 35.5 Å². The first kappa shape index (κ1) is 21.6. The highest BCUT2D eigenvalue weighted by atomic mass is 32.1. The number of nitrogens with one attached hydrogen (secondary N) is 1. The first-order chi connectivity index (χ1) is 12.0. The quantitative estimate of drug-likeness (QED) is 0.351. The van der Waals surface area contributed by atoms with Crippen molar-refractivity contribution in [3.8, 4) is 0 Å². The maximum absolute atomic E-state index is 12.5. The maximum atomic E-state index is 12.5. The van der Waals surface area contributed by atoms with Gasteiger partial charge in [-0.25, -0.2) is 0 Å². The van der Waals surface area contributed by atoms with Crippen LogP contribution in [0, 0.1) is 11.8 Å². The summed E-state index contributed by atoms with van der Waals surface area (Å²) in [5.41, 5.74) is 1.66. The van der Waals surface area contributed by atoms with Crippen LogP contribution >= 0.6 is 12.6 Å². The van der Waals surface area contributed by atoms with Crippen molar-refractivity contribution in [3.63, 3.8) is 0 Å². The van der Waals surface area contributed by atoms with E-state index in [1.165, 1.54) is 0 Å². The minimum atomic E-state index is -0.298. The van der Waals surface area contributed by atoms with E-state index in [1.807, 2.05) is 19.1 Å². The number of esters is 1. The van der Waals surface area contributed by atoms with Crippen molar-refractivity contribution in [3.05, 3.63) is 35.5 Å². The van der Waals surface area contributed by atoms with Gasteiger partial charge < -0.3 is 10.1 Å². The predicted molar refractivity (Wildman–Crippen MR) is 106 cm³/mol. The molecule has 0 bridgehead atoms. The van der Waals surface area contributed by atoms with Crippen molar-refractivity contribution in [2.24, 2.45) is 11.8 Å². The lowest BCUT2D eigenvalue weighted by atomic mass is 9.93. The van der Waals surface area contributed by atoms with Crippen molar-refractivity contribution in [1.82, 2.24) is 5.32 Å². The molecule has 0 saturated carbocycles. The molecule has 0 aromatic rings. The van der Waals surface area contributed by atoms with Crippen LogP contribution in [0.4, 0.5) is 0 Å². The standard InChI is InChI=1S/C20H31NO3S/c1-4-8-17(20(23)24-6-3)13-21-19(22)18(14-25)12-16-10-7-9-15(5-2)11-16/h7,10-12,15,17,25H,4-6,8-9,13-14H2,1-3H3,(H,21,22)/b18-12+. The molecular formula is C20H31NO3S. The zero-order chi connectivity index (χ0) is 18.7. The van der Waals surface area contributed by atoms with Gasteiger partial charge in [0.15, 0.2) is 0 Å². The highest BCUT2D eigenvalue weighted by Gasteiger charge is 2.20. The Morgan fingerprint density at radius 3 is 2.76 bits per heavy atom. The number of ether oxygens (including phenoxy) is 1. The average molecular weight is 366 g/mol. The third-order valence-corrected chi connectivity index (χ3v) is 4.61. The van der Waals surface area contributed by atoms with Gasteiger partial charge in [-0.2, -0.15) is 12.6 Å². The molecular weight excluding hydrogens is 334 g/mol. The summed E-state index contributed by atoms with van der Waals surface area (Å²) in [6, 6.07) is 0. The van der Waals surface area contributed by atoms with Crippen LogP contribution in [0.3, 0.4) is 0 Å².